The van der Waals surface area contributed by atoms with Crippen molar-refractivity contribution in [1.82, 2.24) is 10.6 Å². The third-order valence-corrected chi connectivity index (χ3v) is 3.26. The van der Waals surface area contributed by atoms with Crippen LogP contribution in [-0.4, -0.2) is 18.6 Å². The fourth-order valence-corrected chi connectivity index (χ4v) is 2.24. The molecular weight excluding hydrogens is 200 g/mol. The normalized spacial score (nSPS) is 17.8. The predicted octanol–water partition coefficient (Wildman–Crippen LogP) is 3.20. The Labute approximate surface area is 99.4 Å². The Kier molecular flexibility index (Phi) is 7.02. The lowest BCUT2D eigenvalue weighted by Gasteiger charge is -2.16. The van der Waals surface area contributed by atoms with Crippen molar-refractivity contribution in [3.8, 4) is 0 Å². The first-order chi connectivity index (χ1) is 7.83. The lowest BCUT2D eigenvalue weighted by Crippen LogP contribution is -2.42. The molecule has 0 saturated heterocycles. The van der Waals surface area contributed by atoms with Gasteiger partial charge in [0.2, 0.25) is 0 Å². The highest BCUT2D eigenvalue weighted by Crippen LogP contribution is 2.16. The van der Waals surface area contributed by atoms with Gasteiger partial charge in [-0.3, -0.25) is 0 Å². The second kappa shape index (κ2) is 8.43. The summed E-state index contributed by atoms with van der Waals surface area (Å²) in [6.45, 7) is 2.98. The summed E-state index contributed by atoms with van der Waals surface area (Å²) in [6.07, 6.45) is 11.0. The topological polar surface area (TPSA) is 41.1 Å². The van der Waals surface area contributed by atoms with Crippen LogP contribution in [0.5, 0.6) is 0 Å². The number of carbonyl (C=O) groups excluding carboxylic acids is 1. The van der Waals surface area contributed by atoms with Crippen molar-refractivity contribution in [2.45, 2.75) is 70.8 Å². The molecule has 0 spiro atoms. The van der Waals surface area contributed by atoms with Gasteiger partial charge in [0.05, 0.1) is 0 Å². The summed E-state index contributed by atoms with van der Waals surface area (Å²) < 4.78 is 0. The maximum atomic E-state index is 11.6. The van der Waals surface area contributed by atoms with Crippen LogP contribution in [0, 0.1) is 0 Å². The summed E-state index contributed by atoms with van der Waals surface area (Å²) in [7, 11) is 0. The van der Waals surface area contributed by atoms with E-state index >= 15 is 0 Å². The maximum absolute atomic E-state index is 11.6. The first-order valence-electron chi connectivity index (χ1n) is 6.87. The molecule has 0 aromatic rings. The number of urea groups is 1. The number of hydrogen-bond acceptors (Lipinski definition) is 1. The van der Waals surface area contributed by atoms with E-state index in [0.717, 1.165) is 25.8 Å². The zero-order valence-corrected chi connectivity index (χ0v) is 10.6. The summed E-state index contributed by atoms with van der Waals surface area (Å²) in [5.41, 5.74) is 0. The highest BCUT2D eigenvalue weighted by atomic mass is 16.2. The van der Waals surface area contributed by atoms with Crippen molar-refractivity contribution < 1.29 is 4.79 Å². The Hall–Kier alpha value is -0.730. The molecule has 3 nitrogen and oxygen atoms in total. The highest BCUT2D eigenvalue weighted by Gasteiger charge is 2.13. The van der Waals surface area contributed by atoms with Crippen LogP contribution in [0.1, 0.15) is 64.7 Å². The van der Waals surface area contributed by atoms with Crippen LogP contribution < -0.4 is 10.6 Å². The van der Waals surface area contributed by atoms with Crippen molar-refractivity contribution in [2.24, 2.45) is 0 Å². The molecule has 1 aliphatic rings. The molecule has 0 bridgehead atoms. The largest absolute Gasteiger partial charge is 0.338 e. The second-order valence-electron chi connectivity index (χ2n) is 4.80. The third-order valence-electron chi connectivity index (χ3n) is 3.26. The van der Waals surface area contributed by atoms with Crippen molar-refractivity contribution in [1.29, 1.82) is 0 Å². The van der Waals surface area contributed by atoms with E-state index in [-0.39, 0.29) is 6.03 Å². The highest BCUT2D eigenvalue weighted by molar-refractivity contribution is 5.74. The molecule has 0 aromatic heterocycles. The number of nitrogens with one attached hydrogen (secondary N) is 2. The molecule has 16 heavy (non-hydrogen) atoms. The van der Waals surface area contributed by atoms with Crippen LogP contribution in [0.3, 0.4) is 0 Å². The number of hydrogen-bond donors (Lipinski definition) is 2. The van der Waals surface area contributed by atoms with Gasteiger partial charge in [-0.15, -0.1) is 0 Å². The predicted molar refractivity (Wildman–Crippen MR) is 67.5 cm³/mol. The van der Waals surface area contributed by atoms with Gasteiger partial charge in [-0.05, 0) is 19.3 Å². The standard InChI is InChI=1S/C13H26N2O/c1-2-3-8-11-14-13(16)15-12-9-6-4-5-7-10-12/h12H,2-11H2,1H3,(H2,14,15,16). The van der Waals surface area contributed by atoms with E-state index in [9.17, 15) is 4.79 Å². The van der Waals surface area contributed by atoms with Gasteiger partial charge in [-0.25, -0.2) is 4.79 Å². The Balaban J connectivity index is 2.07. The van der Waals surface area contributed by atoms with Crippen LogP contribution in [-0.2, 0) is 0 Å². The molecule has 0 atom stereocenters. The summed E-state index contributed by atoms with van der Waals surface area (Å²) in [5, 5.41) is 6.02. The monoisotopic (exact) mass is 226 g/mol. The zero-order chi connectivity index (χ0) is 11.6. The molecule has 0 aromatic carbocycles. The molecular formula is C13H26N2O. The minimum atomic E-state index is 0.0306. The fraction of sp³-hybridized carbons (Fsp3) is 0.923. The zero-order valence-electron chi connectivity index (χ0n) is 10.6. The van der Waals surface area contributed by atoms with Gasteiger partial charge in [0.25, 0.3) is 0 Å². The molecule has 1 fully saturated rings. The molecule has 94 valence electrons. The summed E-state index contributed by atoms with van der Waals surface area (Å²) in [5.74, 6) is 0. The van der Waals surface area contributed by atoms with Gasteiger partial charge in [0.15, 0.2) is 0 Å². The molecule has 0 unspecified atom stereocenters. The van der Waals surface area contributed by atoms with Crippen LogP contribution >= 0.6 is 0 Å². The van der Waals surface area contributed by atoms with Gasteiger partial charge < -0.3 is 10.6 Å². The second-order valence-corrected chi connectivity index (χ2v) is 4.80. The van der Waals surface area contributed by atoms with Crippen molar-refractivity contribution >= 4 is 6.03 Å². The molecule has 0 radical (unpaired) electrons. The van der Waals surface area contributed by atoms with E-state index in [4.69, 9.17) is 0 Å². The number of rotatable bonds is 5. The summed E-state index contributed by atoms with van der Waals surface area (Å²) in [4.78, 5) is 11.6. The van der Waals surface area contributed by atoms with Gasteiger partial charge in [-0.2, -0.15) is 0 Å². The van der Waals surface area contributed by atoms with Crippen LogP contribution in [0.15, 0.2) is 0 Å². The van der Waals surface area contributed by atoms with Gasteiger partial charge in [0, 0.05) is 12.6 Å². The first kappa shape index (κ1) is 13.3. The van der Waals surface area contributed by atoms with Crippen LogP contribution in [0.25, 0.3) is 0 Å². The number of amides is 2. The molecule has 1 aliphatic carbocycles. The maximum Gasteiger partial charge on any atom is 0.315 e. The van der Waals surface area contributed by atoms with Gasteiger partial charge >= 0.3 is 6.03 Å². The molecule has 0 heterocycles. The first-order valence-corrected chi connectivity index (χ1v) is 6.87. The fourth-order valence-electron chi connectivity index (χ4n) is 2.24. The molecule has 1 rings (SSSR count). The average Bonchev–Trinajstić information content (AvgIpc) is 2.53. The van der Waals surface area contributed by atoms with Crippen molar-refractivity contribution in [2.75, 3.05) is 6.54 Å². The van der Waals surface area contributed by atoms with E-state index in [2.05, 4.69) is 17.6 Å². The minimum absolute atomic E-state index is 0.0306. The van der Waals surface area contributed by atoms with E-state index in [1.807, 2.05) is 0 Å². The average molecular weight is 226 g/mol. The molecule has 2 amide bonds. The summed E-state index contributed by atoms with van der Waals surface area (Å²) in [6, 6.07) is 0.441. The molecule has 2 N–H and O–H groups in total. The van der Waals surface area contributed by atoms with E-state index in [1.54, 1.807) is 0 Å². The Morgan fingerprint density at radius 1 is 1.12 bits per heavy atom. The number of unbranched alkanes of at least 4 members (excludes halogenated alkanes) is 2. The van der Waals surface area contributed by atoms with E-state index in [1.165, 1.54) is 38.5 Å². The lowest BCUT2D eigenvalue weighted by atomic mass is 10.1. The third kappa shape index (κ3) is 5.99. The van der Waals surface area contributed by atoms with Crippen molar-refractivity contribution in [3.05, 3.63) is 0 Å². The van der Waals surface area contributed by atoms with Crippen molar-refractivity contribution in [3.63, 3.8) is 0 Å². The van der Waals surface area contributed by atoms with Gasteiger partial charge in [0.1, 0.15) is 0 Å². The number of carbonyl (C=O) groups is 1. The lowest BCUT2D eigenvalue weighted by molar-refractivity contribution is 0.235. The molecule has 1 saturated carbocycles. The Morgan fingerprint density at radius 2 is 1.81 bits per heavy atom. The van der Waals surface area contributed by atoms with E-state index in [0.29, 0.717) is 6.04 Å². The Bertz CT molecular complexity index is 186. The molecule has 3 heteroatoms. The quantitative estimate of drug-likeness (QED) is 0.548. The van der Waals surface area contributed by atoms with Crippen LogP contribution in [0.2, 0.25) is 0 Å². The SMILES string of the molecule is CCCCCNC(=O)NC1CCCCCC1. The summed E-state index contributed by atoms with van der Waals surface area (Å²) >= 11 is 0. The minimum Gasteiger partial charge on any atom is -0.338 e. The van der Waals surface area contributed by atoms with E-state index < -0.39 is 0 Å². The van der Waals surface area contributed by atoms with Crippen LogP contribution in [0.4, 0.5) is 4.79 Å². The Morgan fingerprint density at radius 3 is 2.44 bits per heavy atom. The molecule has 0 aliphatic heterocycles. The smallest absolute Gasteiger partial charge is 0.315 e. The van der Waals surface area contributed by atoms with Gasteiger partial charge in [-0.1, -0.05) is 45.4 Å².